The summed E-state index contributed by atoms with van der Waals surface area (Å²) in [5, 5.41) is 5.88. The molecule has 0 aromatic heterocycles. The monoisotopic (exact) mass is 557 g/mol. The highest BCUT2D eigenvalue weighted by Gasteiger charge is 2.37. The van der Waals surface area contributed by atoms with Gasteiger partial charge < -0.3 is 15.4 Å². The van der Waals surface area contributed by atoms with Crippen molar-refractivity contribution in [2.75, 3.05) is 17.3 Å². The maximum absolute atomic E-state index is 13.9. The van der Waals surface area contributed by atoms with Gasteiger partial charge in [-0.05, 0) is 88.3 Å². The van der Waals surface area contributed by atoms with E-state index in [1.807, 2.05) is 45.2 Å². The number of carbonyl (C=O) groups is 3. The van der Waals surface area contributed by atoms with Crippen molar-refractivity contribution < 1.29 is 19.1 Å². The topological polar surface area (TPSA) is 87.7 Å². The quantitative estimate of drug-likeness (QED) is 0.291. The molecular weight excluding hydrogens is 522 g/mol. The SMILES string of the molecule is C#CN(C(=O)C(CCSC)NC(=O)OC(C)(C)C)C(C(=O)Nc1c(C)cccc1Cl)c1cccc(C)c1C. The van der Waals surface area contributed by atoms with E-state index < -0.39 is 35.6 Å². The number of rotatable bonds is 9. The number of hydrogen-bond acceptors (Lipinski definition) is 5. The van der Waals surface area contributed by atoms with Crippen molar-refractivity contribution in [3.05, 3.63) is 63.7 Å². The van der Waals surface area contributed by atoms with E-state index in [1.165, 1.54) is 11.8 Å². The molecule has 0 aliphatic carbocycles. The smallest absolute Gasteiger partial charge is 0.408 e. The van der Waals surface area contributed by atoms with Crippen LogP contribution in [0.15, 0.2) is 36.4 Å². The third kappa shape index (κ3) is 8.17. The third-order valence-corrected chi connectivity index (χ3v) is 6.85. The Bertz CT molecular complexity index is 1200. The Kier molecular flexibility index (Phi) is 11.1. The number of halogens is 1. The number of benzene rings is 2. The molecule has 7 nitrogen and oxygen atoms in total. The van der Waals surface area contributed by atoms with E-state index in [0.29, 0.717) is 28.4 Å². The van der Waals surface area contributed by atoms with Gasteiger partial charge in [-0.1, -0.05) is 48.4 Å². The number of hydrogen-bond donors (Lipinski definition) is 2. The summed E-state index contributed by atoms with van der Waals surface area (Å²) in [6, 6.07) is 11.0. The third-order valence-electron chi connectivity index (χ3n) is 5.89. The fraction of sp³-hybridized carbons (Fsp3) is 0.414. The van der Waals surface area contributed by atoms with Gasteiger partial charge in [-0.25, -0.2) is 4.79 Å². The van der Waals surface area contributed by atoms with E-state index in [4.69, 9.17) is 22.8 Å². The summed E-state index contributed by atoms with van der Waals surface area (Å²) >= 11 is 7.89. The van der Waals surface area contributed by atoms with E-state index in [1.54, 1.807) is 39.0 Å². The summed E-state index contributed by atoms with van der Waals surface area (Å²) < 4.78 is 5.37. The van der Waals surface area contributed by atoms with Gasteiger partial charge in [0.15, 0.2) is 0 Å². The molecule has 2 rings (SSSR count). The van der Waals surface area contributed by atoms with Crippen molar-refractivity contribution in [2.24, 2.45) is 0 Å². The molecular formula is C29H36ClN3O4S. The number of aryl methyl sites for hydroxylation is 2. The zero-order valence-electron chi connectivity index (χ0n) is 23.0. The number of anilines is 1. The lowest BCUT2D eigenvalue weighted by molar-refractivity contribution is -0.136. The average Bonchev–Trinajstić information content (AvgIpc) is 2.83. The lowest BCUT2D eigenvalue weighted by Gasteiger charge is -2.31. The molecule has 2 unspecified atom stereocenters. The molecule has 2 atom stereocenters. The van der Waals surface area contributed by atoms with E-state index in [2.05, 4.69) is 16.7 Å². The molecule has 38 heavy (non-hydrogen) atoms. The number of amides is 3. The van der Waals surface area contributed by atoms with Gasteiger partial charge in [-0.15, -0.1) is 0 Å². The Balaban J connectivity index is 2.55. The lowest BCUT2D eigenvalue weighted by atomic mass is 9.95. The van der Waals surface area contributed by atoms with Gasteiger partial charge in [0.1, 0.15) is 17.7 Å². The van der Waals surface area contributed by atoms with Crippen LogP contribution in [0.4, 0.5) is 10.5 Å². The summed E-state index contributed by atoms with van der Waals surface area (Å²) in [7, 11) is 0. The van der Waals surface area contributed by atoms with E-state index in [9.17, 15) is 14.4 Å². The molecule has 0 saturated carbocycles. The standard InChI is InChI=1S/C29H36ClN3O4S/c1-9-33(27(35)23(16-17-38-8)31-28(36)37-29(5,6)7)25(21-14-10-12-18(2)20(21)4)26(34)32-24-19(3)13-11-15-22(24)30/h1,10-15,23,25H,16-17H2,2-8H3,(H,31,36)(H,32,34). The fourth-order valence-electron chi connectivity index (χ4n) is 3.83. The molecule has 2 aromatic rings. The van der Waals surface area contributed by atoms with Crippen LogP contribution in [0, 0.1) is 33.2 Å². The number of carbonyl (C=O) groups excluding carboxylic acids is 3. The zero-order chi connectivity index (χ0) is 28.6. The number of nitrogens with zero attached hydrogens (tertiary/aromatic N) is 1. The summed E-state index contributed by atoms with van der Waals surface area (Å²) in [4.78, 5) is 41.4. The predicted molar refractivity (Wildman–Crippen MR) is 155 cm³/mol. The Morgan fingerprint density at radius 2 is 1.74 bits per heavy atom. The number of ether oxygens (including phenoxy) is 1. The Labute approximate surface area is 235 Å². The molecule has 0 radical (unpaired) electrons. The zero-order valence-corrected chi connectivity index (χ0v) is 24.5. The van der Waals surface area contributed by atoms with Gasteiger partial charge in [0.05, 0.1) is 10.7 Å². The van der Waals surface area contributed by atoms with Gasteiger partial charge in [-0.3, -0.25) is 14.5 Å². The van der Waals surface area contributed by atoms with Gasteiger partial charge in [-0.2, -0.15) is 11.8 Å². The second-order valence-corrected chi connectivity index (χ2v) is 11.3. The predicted octanol–water partition coefficient (Wildman–Crippen LogP) is 6.01. The largest absolute Gasteiger partial charge is 0.444 e. The van der Waals surface area contributed by atoms with Crippen LogP contribution >= 0.6 is 23.4 Å². The van der Waals surface area contributed by atoms with Crippen LogP contribution in [-0.4, -0.2) is 46.5 Å². The van der Waals surface area contributed by atoms with Crippen molar-refractivity contribution in [1.29, 1.82) is 0 Å². The summed E-state index contributed by atoms with van der Waals surface area (Å²) in [5.74, 6) is -0.546. The van der Waals surface area contributed by atoms with E-state index in [-0.39, 0.29) is 0 Å². The summed E-state index contributed by atoms with van der Waals surface area (Å²) in [5.41, 5.74) is 2.76. The van der Waals surface area contributed by atoms with Gasteiger partial charge in [0.2, 0.25) is 0 Å². The highest BCUT2D eigenvalue weighted by atomic mass is 35.5. The van der Waals surface area contributed by atoms with Gasteiger partial charge in [0, 0.05) is 6.04 Å². The molecule has 0 saturated heterocycles. The van der Waals surface area contributed by atoms with Crippen LogP contribution < -0.4 is 10.6 Å². The minimum atomic E-state index is -1.18. The Hall–Kier alpha value is -3.15. The highest BCUT2D eigenvalue weighted by molar-refractivity contribution is 7.98. The minimum absolute atomic E-state index is 0.294. The van der Waals surface area contributed by atoms with Crippen molar-refractivity contribution in [3.8, 4) is 12.5 Å². The molecule has 0 fully saturated rings. The summed E-state index contributed by atoms with van der Waals surface area (Å²) in [6.07, 6.45) is 7.34. The maximum atomic E-state index is 13.9. The highest BCUT2D eigenvalue weighted by Crippen LogP contribution is 2.31. The molecule has 3 amide bonds. The first-order valence-corrected chi connectivity index (χ1v) is 14.0. The molecule has 0 spiro atoms. The molecule has 2 aromatic carbocycles. The molecule has 0 heterocycles. The number of alkyl carbamates (subject to hydrolysis) is 1. The minimum Gasteiger partial charge on any atom is -0.444 e. The maximum Gasteiger partial charge on any atom is 0.408 e. The molecule has 2 N–H and O–H groups in total. The first-order valence-electron chi connectivity index (χ1n) is 12.2. The Morgan fingerprint density at radius 3 is 2.32 bits per heavy atom. The van der Waals surface area contributed by atoms with Crippen LogP contribution in [0.25, 0.3) is 0 Å². The van der Waals surface area contributed by atoms with Gasteiger partial charge in [0.25, 0.3) is 11.8 Å². The molecule has 204 valence electrons. The average molecular weight is 558 g/mol. The number of nitrogens with one attached hydrogen (secondary N) is 2. The number of terminal acetylenes is 1. The van der Waals surface area contributed by atoms with Crippen LogP contribution in [-0.2, 0) is 14.3 Å². The van der Waals surface area contributed by atoms with Gasteiger partial charge >= 0.3 is 6.09 Å². The van der Waals surface area contributed by atoms with Crippen molar-refractivity contribution in [3.63, 3.8) is 0 Å². The van der Waals surface area contributed by atoms with E-state index in [0.717, 1.165) is 21.6 Å². The fourth-order valence-corrected chi connectivity index (χ4v) is 4.57. The number of thioether (sulfide) groups is 1. The molecule has 0 bridgehead atoms. The first-order chi connectivity index (χ1) is 17.8. The molecule has 0 aliphatic rings. The first kappa shape index (κ1) is 31.1. The lowest BCUT2D eigenvalue weighted by Crippen LogP contribution is -2.51. The molecule has 9 heteroatoms. The van der Waals surface area contributed by atoms with Crippen LogP contribution in [0.3, 0.4) is 0 Å². The van der Waals surface area contributed by atoms with Crippen molar-refractivity contribution >= 4 is 47.0 Å². The van der Waals surface area contributed by atoms with Crippen molar-refractivity contribution in [1.82, 2.24) is 10.2 Å². The van der Waals surface area contributed by atoms with Crippen LogP contribution in [0.1, 0.15) is 55.5 Å². The van der Waals surface area contributed by atoms with Crippen LogP contribution in [0.5, 0.6) is 0 Å². The summed E-state index contributed by atoms with van der Waals surface area (Å²) in [6.45, 7) is 10.8. The van der Waals surface area contributed by atoms with E-state index >= 15 is 0 Å². The second-order valence-electron chi connectivity index (χ2n) is 9.93. The number of para-hydroxylation sites is 1. The second kappa shape index (κ2) is 13.6. The normalized spacial score (nSPS) is 12.6. The molecule has 0 aliphatic heterocycles. The Morgan fingerprint density at radius 1 is 1.11 bits per heavy atom. The van der Waals surface area contributed by atoms with Crippen molar-refractivity contribution in [2.45, 2.75) is 65.6 Å². The van der Waals surface area contributed by atoms with Crippen LogP contribution in [0.2, 0.25) is 5.02 Å².